The highest BCUT2D eigenvalue weighted by atomic mass is 35.5. The summed E-state index contributed by atoms with van der Waals surface area (Å²) in [7, 11) is 0. The Morgan fingerprint density at radius 3 is 2.36 bits per heavy atom. The van der Waals surface area contributed by atoms with Crippen molar-refractivity contribution in [2.24, 2.45) is 0 Å². The van der Waals surface area contributed by atoms with E-state index in [1.54, 1.807) is 6.07 Å². The van der Waals surface area contributed by atoms with Gasteiger partial charge in [-0.25, -0.2) is 0 Å². The molecule has 0 aliphatic carbocycles. The molecule has 0 nitrogen and oxygen atoms in total. The van der Waals surface area contributed by atoms with Crippen LogP contribution >= 0.6 is 11.6 Å². The maximum absolute atomic E-state index is 12.0. The van der Waals surface area contributed by atoms with Gasteiger partial charge in [0.25, 0.3) is 0 Å². The molecule has 78 valence electrons. The number of halogens is 4. The Bertz CT molecular complexity index is 318. The fraction of sp³-hybridized carbons (Fsp3) is 0.400. The Kier molecular flexibility index (Phi) is 3.43. The van der Waals surface area contributed by atoms with Crippen molar-refractivity contribution >= 4 is 11.6 Å². The van der Waals surface area contributed by atoms with Crippen molar-refractivity contribution in [2.75, 3.05) is 0 Å². The SMILES string of the molecule is CCc1ccc(CC(F)(F)F)cc1Cl. The van der Waals surface area contributed by atoms with Gasteiger partial charge in [-0.3, -0.25) is 0 Å². The molecule has 0 aliphatic heterocycles. The van der Waals surface area contributed by atoms with Crippen LogP contribution in [0.4, 0.5) is 13.2 Å². The van der Waals surface area contributed by atoms with Crippen molar-refractivity contribution in [1.29, 1.82) is 0 Å². The molecule has 0 aliphatic rings. The number of benzene rings is 1. The lowest BCUT2D eigenvalue weighted by Gasteiger charge is -2.08. The number of hydrogen-bond acceptors (Lipinski definition) is 0. The van der Waals surface area contributed by atoms with Crippen LogP contribution in [0, 0.1) is 0 Å². The third-order valence-electron chi connectivity index (χ3n) is 1.90. The average Bonchev–Trinajstić information content (AvgIpc) is 2.01. The van der Waals surface area contributed by atoms with Crippen LogP contribution in [0.5, 0.6) is 0 Å². The Balaban J connectivity index is 2.87. The summed E-state index contributed by atoms with van der Waals surface area (Å²) in [6.45, 7) is 1.91. The molecule has 0 radical (unpaired) electrons. The normalized spacial score (nSPS) is 11.8. The highest BCUT2D eigenvalue weighted by Gasteiger charge is 2.27. The van der Waals surface area contributed by atoms with Crippen LogP contribution in [-0.4, -0.2) is 6.18 Å². The maximum Gasteiger partial charge on any atom is 0.393 e. The lowest BCUT2D eigenvalue weighted by Crippen LogP contribution is -2.11. The Labute approximate surface area is 85.7 Å². The smallest absolute Gasteiger partial charge is 0.171 e. The molecule has 1 aromatic rings. The molecular weight excluding hydrogens is 213 g/mol. The van der Waals surface area contributed by atoms with E-state index in [9.17, 15) is 13.2 Å². The van der Waals surface area contributed by atoms with Crippen LogP contribution < -0.4 is 0 Å². The predicted molar refractivity (Wildman–Crippen MR) is 50.6 cm³/mol. The van der Waals surface area contributed by atoms with E-state index >= 15 is 0 Å². The fourth-order valence-corrected chi connectivity index (χ4v) is 1.56. The molecule has 0 atom stereocenters. The number of hydrogen-bond donors (Lipinski definition) is 0. The molecule has 0 heterocycles. The first-order valence-electron chi connectivity index (χ1n) is 4.26. The van der Waals surface area contributed by atoms with Gasteiger partial charge in [0.1, 0.15) is 0 Å². The number of rotatable bonds is 2. The molecule has 0 amide bonds. The third-order valence-corrected chi connectivity index (χ3v) is 2.25. The molecular formula is C10H10ClF3. The third kappa shape index (κ3) is 3.22. The Hall–Kier alpha value is -0.700. The summed E-state index contributed by atoms with van der Waals surface area (Å²) in [5.41, 5.74) is 1.08. The molecule has 1 rings (SSSR count). The first-order chi connectivity index (χ1) is 6.42. The topological polar surface area (TPSA) is 0 Å². The van der Waals surface area contributed by atoms with Gasteiger partial charge in [0, 0.05) is 5.02 Å². The summed E-state index contributed by atoms with van der Waals surface area (Å²) >= 11 is 5.79. The van der Waals surface area contributed by atoms with Crippen LogP contribution in [0.3, 0.4) is 0 Å². The van der Waals surface area contributed by atoms with Crippen LogP contribution in [0.1, 0.15) is 18.1 Å². The summed E-state index contributed by atoms with van der Waals surface area (Å²) < 4.78 is 36.0. The van der Waals surface area contributed by atoms with Gasteiger partial charge in [0.05, 0.1) is 6.42 Å². The van der Waals surface area contributed by atoms with E-state index in [0.717, 1.165) is 12.0 Å². The average molecular weight is 223 g/mol. The zero-order chi connectivity index (χ0) is 10.8. The molecule has 0 N–H and O–H groups in total. The van der Waals surface area contributed by atoms with E-state index in [2.05, 4.69) is 0 Å². The van der Waals surface area contributed by atoms with Gasteiger partial charge in [-0.15, -0.1) is 0 Å². The predicted octanol–water partition coefficient (Wildman–Crippen LogP) is 4.01. The molecule has 0 fully saturated rings. The highest BCUT2D eigenvalue weighted by Crippen LogP contribution is 2.25. The molecule has 0 saturated heterocycles. The number of alkyl halides is 3. The number of aryl methyl sites for hydroxylation is 1. The lowest BCUT2D eigenvalue weighted by atomic mass is 10.1. The molecule has 4 heteroatoms. The van der Waals surface area contributed by atoms with Crippen LogP contribution in [0.2, 0.25) is 5.02 Å². The van der Waals surface area contributed by atoms with Crippen LogP contribution in [0.25, 0.3) is 0 Å². The van der Waals surface area contributed by atoms with Crippen molar-refractivity contribution in [3.05, 3.63) is 34.3 Å². The van der Waals surface area contributed by atoms with Crippen molar-refractivity contribution in [3.8, 4) is 0 Å². The van der Waals surface area contributed by atoms with E-state index in [1.165, 1.54) is 12.1 Å². The summed E-state index contributed by atoms with van der Waals surface area (Å²) in [6, 6.07) is 4.50. The Morgan fingerprint density at radius 1 is 1.29 bits per heavy atom. The van der Waals surface area contributed by atoms with Crippen molar-refractivity contribution in [1.82, 2.24) is 0 Å². The van der Waals surface area contributed by atoms with Crippen molar-refractivity contribution in [2.45, 2.75) is 25.9 Å². The van der Waals surface area contributed by atoms with Gasteiger partial charge in [-0.2, -0.15) is 13.2 Å². The van der Waals surface area contributed by atoms with Gasteiger partial charge in [-0.1, -0.05) is 30.7 Å². The fourth-order valence-electron chi connectivity index (χ4n) is 1.22. The van der Waals surface area contributed by atoms with Crippen LogP contribution in [0.15, 0.2) is 18.2 Å². The second kappa shape index (κ2) is 4.22. The van der Waals surface area contributed by atoms with Gasteiger partial charge < -0.3 is 0 Å². The van der Waals surface area contributed by atoms with Gasteiger partial charge >= 0.3 is 6.18 Å². The molecule has 14 heavy (non-hydrogen) atoms. The van der Waals surface area contributed by atoms with E-state index in [4.69, 9.17) is 11.6 Å². The zero-order valence-corrected chi connectivity index (χ0v) is 8.41. The minimum Gasteiger partial charge on any atom is -0.171 e. The quantitative estimate of drug-likeness (QED) is 0.709. The summed E-state index contributed by atoms with van der Waals surface area (Å²) in [5, 5.41) is 0.411. The van der Waals surface area contributed by atoms with Crippen molar-refractivity contribution < 1.29 is 13.2 Å². The highest BCUT2D eigenvalue weighted by molar-refractivity contribution is 6.31. The van der Waals surface area contributed by atoms with Gasteiger partial charge in [0.15, 0.2) is 0 Å². The largest absolute Gasteiger partial charge is 0.393 e. The van der Waals surface area contributed by atoms with Gasteiger partial charge in [-0.05, 0) is 23.6 Å². The monoisotopic (exact) mass is 222 g/mol. The summed E-state index contributed by atoms with van der Waals surface area (Å²) in [4.78, 5) is 0. The zero-order valence-electron chi connectivity index (χ0n) is 7.66. The second-order valence-corrected chi connectivity index (χ2v) is 3.48. The van der Waals surface area contributed by atoms with E-state index < -0.39 is 12.6 Å². The first kappa shape index (κ1) is 11.4. The molecule has 0 spiro atoms. The molecule has 1 aromatic carbocycles. The van der Waals surface area contributed by atoms with E-state index in [1.807, 2.05) is 6.92 Å². The van der Waals surface area contributed by atoms with E-state index in [-0.39, 0.29) is 5.56 Å². The summed E-state index contributed by atoms with van der Waals surface area (Å²) in [6.07, 6.45) is -4.36. The Morgan fingerprint density at radius 2 is 1.93 bits per heavy atom. The minimum atomic E-state index is -4.17. The molecule has 0 bridgehead atoms. The second-order valence-electron chi connectivity index (χ2n) is 3.07. The first-order valence-corrected chi connectivity index (χ1v) is 4.64. The van der Waals surface area contributed by atoms with Crippen LogP contribution in [-0.2, 0) is 12.8 Å². The summed E-state index contributed by atoms with van der Waals surface area (Å²) in [5.74, 6) is 0. The molecule has 0 aromatic heterocycles. The molecule has 0 unspecified atom stereocenters. The lowest BCUT2D eigenvalue weighted by molar-refractivity contribution is -0.127. The van der Waals surface area contributed by atoms with E-state index in [0.29, 0.717) is 5.02 Å². The minimum absolute atomic E-state index is 0.208. The van der Waals surface area contributed by atoms with Crippen molar-refractivity contribution in [3.63, 3.8) is 0 Å². The van der Waals surface area contributed by atoms with Gasteiger partial charge in [0.2, 0.25) is 0 Å². The maximum atomic E-state index is 12.0. The molecule has 0 saturated carbocycles. The standard InChI is InChI=1S/C10H10ClF3/c1-2-8-4-3-7(5-9(8)11)6-10(12,13)14/h3-5H,2,6H2,1H3.